The molecule has 0 spiro atoms. The van der Waals surface area contributed by atoms with Crippen LogP contribution in [0.4, 0.5) is 0 Å². The van der Waals surface area contributed by atoms with E-state index in [0.717, 1.165) is 0 Å². The van der Waals surface area contributed by atoms with Gasteiger partial charge in [0, 0.05) is 0 Å². The van der Waals surface area contributed by atoms with Gasteiger partial charge in [-0.05, 0) is 18.8 Å². The summed E-state index contributed by atoms with van der Waals surface area (Å²) in [7, 11) is 0. The van der Waals surface area contributed by atoms with E-state index >= 15 is 0 Å². The summed E-state index contributed by atoms with van der Waals surface area (Å²) in [4.78, 5) is 0. The number of aliphatic hydroxyl groups excluding tert-OH is 1. The van der Waals surface area contributed by atoms with Crippen LogP contribution in [-0.4, -0.2) is 11.2 Å². The minimum absolute atomic E-state index is 0.0324. The van der Waals surface area contributed by atoms with E-state index < -0.39 is 0 Å². The maximum atomic E-state index is 9.22. The van der Waals surface area contributed by atoms with Crippen molar-refractivity contribution >= 4 is 0 Å². The lowest BCUT2D eigenvalue weighted by Crippen LogP contribution is -2.25. The van der Waals surface area contributed by atoms with E-state index in [1.54, 1.807) is 6.92 Å². The van der Waals surface area contributed by atoms with E-state index in [1.807, 2.05) is 20.8 Å². The van der Waals surface area contributed by atoms with E-state index in [1.165, 1.54) is 0 Å². The van der Waals surface area contributed by atoms with Gasteiger partial charge < -0.3 is 5.11 Å². The number of nitrogens with zero attached hydrogens (tertiary/aromatic N) is 1. The van der Waals surface area contributed by atoms with E-state index in [0.29, 0.717) is 5.92 Å². The Morgan fingerprint density at radius 2 is 1.64 bits per heavy atom. The second-order valence-electron chi connectivity index (χ2n) is 3.50. The van der Waals surface area contributed by atoms with Crippen LogP contribution < -0.4 is 0 Å². The quantitative estimate of drug-likeness (QED) is 0.675. The van der Waals surface area contributed by atoms with Gasteiger partial charge in [-0.3, -0.25) is 0 Å². The molecule has 0 aliphatic heterocycles. The summed E-state index contributed by atoms with van der Waals surface area (Å²) in [5.74, 6) is 0.361. The molecule has 0 aromatic carbocycles. The van der Waals surface area contributed by atoms with Crippen molar-refractivity contribution in [1.82, 2.24) is 0 Å². The fourth-order valence-electron chi connectivity index (χ4n) is 1.17. The van der Waals surface area contributed by atoms with Crippen LogP contribution in [-0.2, 0) is 0 Å². The molecule has 0 amide bonds. The molecule has 0 aliphatic rings. The minimum Gasteiger partial charge on any atom is -0.393 e. The first-order chi connectivity index (χ1) is 5.00. The van der Waals surface area contributed by atoms with Gasteiger partial charge in [-0.25, -0.2) is 0 Å². The third kappa shape index (κ3) is 2.90. The molecule has 11 heavy (non-hydrogen) atoms. The predicted molar refractivity (Wildman–Crippen MR) is 44.8 cm³/mol. The van der Waals surface area contributed by atoms with Gasteiger partial charge in [-0.15, -0.1) is 0 Å². The van der Waals surface area contributed by atoms with Crippen LogP contribution >= 0.6 is 0 Å². The Kier molecular flexibility index (Phi) is 4.14. The maximum absolute atomic E-state index is 9.22. The summed E-state index contributed by atoms with van der Waals surface area (Å²) < 4.78 is 0. The van der Waals surface area contributed by atoms with Gasteiger partial charge in [-0.1, -0.05) is 20.8 Å². The molecule has 0 bridgehead atoms. The summed E-state index contributed by atoms with van der Waals surface area (Å²) in [6.07, 6.45) is -0.387. The van der Waals surface area contributed by atoms with E-state index in [-0.39, 0.29) is 17.9 Å². The Morgan fingerprint density at radius 1 is 1.18 bits per heavy atom. The van der Waals surface area contributed by atoms with Gasteiger partial charge in [0.2, 0.25) is 0 Å². The molecule has 0 aliphatic carbocycles. The van der Waals surface area contributed by atoms with Crippen LogP contribution in [0, 0.1) is 29.1 Å². The van der Waals surface area contributed by atoms with Crippen molar-refractivity contribution in [3.05, 3.63) is 0 Å². The molecule has 2 heteroatoms. The van der Waals surface area contributed by atoms with Crippen LogP contribution in [0.5, 0.6) is 0 Å². The second kappa shape index (κ2) is 4.35. The number of aliphatic hydroxyl groups is 1. The lowest BCUT2D eigenvalue weighted by Gasteiger charge is -2.22. The minimum atomic E-state index is -0.387. The average molecular weight is 155 g/mol. The Hall–Kier alpha value is -0.550. The van der Waals surface area contributed by atoms with Gasteiger partial charge >= 0.3 is 0 Å². The average Bonchev–Trinajstić information content (AvgIpc) is 1.88. The summed E-state index contributed by atoms with van der Waals surface area (Å²) in [6, 6.07) is 2.22. The van der Waals surface area contributed by atoms with Crippen LogP contribution in [0.25, 0.3) is 0 Å². The van der Waals surface area contributed by atoms with Crippen LogP contribution in [0.15, 0.2) is 0 Å². The van der Waals surface area contributed by atoms with Crippen molar-refractivity contribution in [3.63, 3.8) is 0 Å². The molecule has 3 atom stereocenters. The molecule has 0 saturated carbocycles. The highest BCUT2D eigenvalue weighted by Crippen LogP contribution is 2.22. The molecule has 1 N–H and O–H groups in total. The van der Waals surface area contributed by atoms with Crippen molar-refractivity contribution in [3.8, 4) is 6.07 Å². The molecule has 2 nitrogen and oxygen atoms in total. The number of rotatable bonds is 3. The molecule has 0 aromatic rings. The Bertz CT molecular complexity index is 146. The van der Waals surface area contributed by atoms with Gasteiger partial charge in [0.25, 0.3) is 0 Å². The van der Waals surface area contributed by atoms with Crippen LogP contribution in [0.1, 0.15) is 27.7 Å². The highest BCUT2D eigenvalue weighted by molar-refractivity contribution is 4.90. The fourth-order valence-corrected chi connectivity index (χ4v) is 1.17. The first-order valence-electron chi connectivity index (χ1n) is 4.08. The summed E-state index contributed by atoms with van der Waals surface area (Å²) in [6.45, 7) is 7.66. The standard InChI is InChI=1S/C9H17NO/c1-6(2)9(5-10)7(3)8(4)11/h6-9,11H,1-4H3/t7-,8+,9?/m0/s1. The molecule has 0 rings (SSSR count). The number of hydrogen-bond acceptors (Lipinski definition) is 2. The molecule has 0 saturated heterocycles. The van der Waals surface area contributed by atoms with Crippen molar-refractivity contribution in [2.24, 2.45) is 17.8 Å². The Balaban J connectivity index is 4.17. The molecular formula is C9H17NO. The first-order valence-corrected chi connectivity index (χ1v) is 4.08. The lowest BCUT2D eigenvalue weighted by molar-refractivity contribution is 0.100. The molecule has 0 radical (unpaired) electrons. The van der Waals surface area contributed by atoms with Gasteiger partial charge in [0.15, 0.2) is 0 Å². The van der Waals surface area contributed by atoms with Gasteiger partial charge in [0.1, 0.15) is 0 Å². The van der Waals surface area contributed by atoms with Crippen molar-refractivity contribution in [1.29, 1.82) is 5.26 Å². The van der Waals surface area contributed by atoms with Crippen molar-refractivity contribution in [2.75, 3.05) is 0 Å². The molecule has 0 heterocycles. The number of hydrogen-bond donors (Lipinski definition) is 1. The smallest absolute Gasteiger partial charge is 0.0662 e. The first kappa shape index (κ1) is 10.4. The van der Waals surface area contributed by atoms with E-state index in [9.17, 15) is 5.11 Å². The normalized spacial score (nSPS) is 19.0. The summed E-state index contributed by atoms with van der Waals surface area (Å²) >= 11 is 0. The Morgan fingerprint density at radius 3 is 1.73 bits per heavy atom. The third-order valence-electron chi connectivity index (χ3n) is 2.19. The van der Waals surface area contributed by atoms with E-state index in [4.69, 9.17) is 5.26 Å². The maximum Gasteiger partial charge on any atom is 0.0662 e. The largest absolute Gasteiger partial charge is 0.393 e. The van der Waals surface area contributed by atoms with Crippen molar-refractivity contribution in [2.45, 2.75) is 33.8 Å². The topological polar surface area (TPSA) is 44.0 Å². The third-order valence-corrected chi connectivity index (χ3v) is 2.19. The van der Waals surface area contributed by atoms with Crippen LogP contribution in [0.2, 0.25) is 0 Å². The fraction of sp³-hybridized carbons (Fsp3) is 0.889. The predicted octanol–water partition coefficient (Wildman–Crippen LogP) is 1.80. The number of nitriles is 1. The van der Waals surface area contributed by atoms with E-state index in [2.05, 4.69) is 6.07 Å². The van der Waals surface area contributed by atoms with Crippen LogP contribution in [0.3, 0.4) is 0 Å². The van der Waals surface area contributed by atoms with Gasteiger partial charge in [-0.2, -0.15) is 5.26 Å². The highest BCUT2D eigenvalue weighted by Gasteiger charge is 2.23. The zero-order valence-electron chi connectivity index (χ0n) is 7.70. The molecule has 64 valence electrons. The molecular weight excluding hydrogens is 138 g/mol. The lowest BCUT2D eigenvalue weighted by atomic mass is 9.83. The molecule has 0 aromatic heterocycles. The monoisotopic (exact) mass is 155 g/mol. The summed E-state index contributed by atoms with van der Waals surface area (Å²) in [5, 5.41) is 18.0. The zero-order chi connectivity index (χ0) is 9.02. The Labute approximate surface area is 68.8 Å². The molecule has 1 unspecified atom stereocenters. The van der Waals surface area contributed by atoms with Crippen molar-refractivity contribution < 1.29 is 5.11 Å². The zero-order valence-corrected chi connectivity index (χ0v) is 7.70. The SMILES string of the molecule is CC(C)C(C#N)[C@@H](C)[C@@H](C)O. The van der Waals surface area contributed by atoms with Gasteiger partial charge in [0.05, 0.1) is 18.1 Å². The highest BCUT2D eigenvalue weighted by atomic mass is 16.3. The summed E-state index contributed by atoms with van der Waals surface area (Å²) in [5.41, 5.74) is 0. The molecule has 0 fully saturated rings. The second-order valence-corrected chi connectivity index (χ2v) is 3.50.